The summed E-state index contributed by atoms with van der Waals surface area (Å²) in [5.41, 5.74) is 7.27. The molecule has 0 radical (unpaired) electrons. The van der Waals surface area contributed by atoms with Crippen LogP contribution in [0.5, 0.6) is 5.75 Å². The highest BCUT2D eigenvalue weighted by molar-refractivity contribution is 5.94. The number of ether oxygens (including phenoxy) is 1. The number of hydrogen-bond acceptors (Lipinski definition) is 3. The van der Waals surface area contributed by atoms with Gasteiger partial charge in [0, 0.05) is 5.56 Å². The summed E-state index contributed by atoms with van der Waals surface area (Å²) in [6.45, 7) is 4.50. The molecule has 1 N–H and O–H groups in total. The van der Waals surface area contributed by atoms with Gasteiger partial charge in [-0.2, -0.15) is 5.10 Å². The molecule has 1 amide bonds. The van der Waals surface area contributed by atoms with E-state index in [-0.39, 0.29) is 5.91 Å². The Balaban J connectivity index is 1.57. The molecule has 0 aliphatic rings. The van der Waals surface area contributed by atoms with E-state index in [2.05, 4.69) is 10.5 Å². The Morgan fingerprint density at radius 3 is 2.44 bits per heavy atom. The summed E-state index contributed by atoms with van der Waals surface area (Å²) < 4.78 is 5.87. The van der Waals surface area contributed by atoms with Crippen molar-refractivity contribution in [2.24, 2.45) is 5.10 Å². The molecule has 0 bridgehead atoms. The Labute approximate surface area is 159 Å². The van der Waals surface area contributed by atoms with Gasteiger partial charge in [0.2, 0.25) is 0 Å². The first-order chi connectivity index (χ1) is 13.1. The van der Waals surface area contributed by atoms with Gasteiger partial charge in [-0.1, -0.05) is 48.0 Å². The third kappa shape index (κ3) is 5.28. The molecule has 136 valence electrons. The molecule has 3 rings (SSSR count). The first-order valence-electron chi connectivity index (χ1n) is 8.79. The topological polar surface area (TPSA) is 50.7 Å². The first kappa shape index (κ1) is 18.4. The van der Waals surface area contributed by atoms with Crippen molar-refractivity contribution >= 4 is 12.1 Å². The number of nitrogens with one attached hydrogen (secondary N) is 1. The van der Waals surface area contributed by atoms with Crippen LogP contribution >= 0.6 is 0 Å². The molecule has 0 atom stereocenters. The monoisotopic (exact) mass is 358 g/mol. The maximum Gasteiger partial charge on any atom is 0.271 e. The van der Waals surface area contributed by atoms with Crippen LogP contribution in [0.2, 0.25) is 0 Å². The fourth-order valence-corrected chi connectivity index (χ4v) is 2.59. The summed E-state index contributed by atoms with van der Waals surface area (Å²) in [7, 11) is 0. The van der Waals surface area contributed by atoms with Crippen LogP contribution < -0.4 is 10.2 Å². The number of amides is 1. The highest BCUT2D eigenvalue weighted by Crippen LogP contribution is 2.19. The minimum absolute atomic E-state index is 0.231. The quantitative estimate of drug-likeness (QED) is 0.515. The van der Waals surface area contributed by atoms with Crippen LogP contribution in [0.1, 0.15) is 32.6 Å². The summed E-state index contributed by atoms with van der Waals surface area (Å²) in [6, 6.07) is 23.2. The van der Waals surface area contributed by atoms with Gasteiger partial charge >= 0.3 is 0 Å². The van der Waals surface area contributed by atoms with Crippen LogP contribution in [-0.4, -0.2) is 12.1 Å². The molecule has 0 unspecified atom stereocenters. The van der Waals surface area contributed by atoms with Gasteiger partial charge in [-0.15, -0.1) is 0 Å². The van der Waals surface area contributed by atoms with E-state index in [1.807, 2.05) is 74.5 Å². The van der Waals surface area contributed by atoms with Crippen molar-refractivity contribution in [3.8, 4) is 5.75 Å². The zero-order valence-corrected chi connectivity index (χ0v) is 15.5. The van der Waals surface area contributed by atoms with Crippen molar-refractivity contribution in [2.75, 3.05) is 0 Å². The number of aryl methyl sites for hydroxylation is 2. The second kappa shape index (κ2) is 8.81. The molecule has 3 aromatic carbocycles. The standard InChI is InChI=1S/C23H22N2O2/c1-17-8-11-21(12-9-17)23(26)25-24-15-20-10-13-22(18(2)14-20)27-16-19-6-4-3-5-7-19/h3-15H,16H2,1-2H3,(H,25,26)/b24-15-. The zero-order chi connectivity index (χ0) is 19.1. The van der Waals surface area contributed by atoms with Gasteiger partial charge in [0.05, 0.1) is 6.21 Å². The molecule has 3 aromatic rings. The van der Waals surface area contributed by atoms with Gasteiger partial charge in [-0.3, -0.25) is 4.79 Å². The number of benzene rings is 3. The predicted octanol–water partition coefficient (Wildman–Crippen LogP) is 4.65. The molecule has 0 fully saturated rings. The second-order valence-corrected chi connectivity index (χ2v) is 6.36. The molecule has 0 aliphatic heterocycles. The highest BCUT2D eigenvalue weighted by Gasteiger charge is 2.04. The molecule has 0 aliphatic carbocycles. The van der Waals surface area contributed by atoms with E-state index in [0.29, 0.717) is 12.2 Å². The molecule has 0 saturated heterocycles. The minimum atomic E-state index is -0.231. The Morgan fingerprint density at radius 2 is 1.74 bits per heavy atom. The van der Waals surface area contributed by atoms with E-state index in [1.165, 1.54) is 0 Å². The molecule has 0 aromatic heterocycles. The zero-order valence-electron chi connectivity index (χ0n) is 15.5. The molecule has 0 spiro atoms. The normalized spacial score (nSPS) is 10.7. The fourth-order valence-electron chi connectivity index (χ4n) is 2.59. The summed E-state index contributed by atoms with van der Waals surface area (Å²) >= 11 is 0. The van der Waals surface area contributed by atoms with Gasteiger partial charge < -0.3 is 4.74 Å². The van der Waals surface area contributed by atoms with Crippen LogP contribution in [0.3, 0.4) is 0 Å². The van der Waals surface area contributed by atoms with E-state index < -0.39 is 0 Å². The number of rotatable bonds is 6. The first-order valence-corrected chi connectivity index (χ1v) is 8.79. The van der Waals surface area contributed by atoms with Crippen molar-refractivity contribution in [1.29, 1.82) is 0 Å². The van der Waals surface area contributed by atoms with Crippen LogP contribution in [-0.2, 0) is 6.61 Å². The van der Waals surface area contributed by atoms with Gasteiger partial charge in [0.25, 0.3) is 5.91 Å². The van der Waals surface area contributed by atoms with Crippen molar-refractivity contribution in [3.63, 3.8) is 0 Å². The average molecular weight is 358 g/mol. The van der Waals surface area contributed by atoms with Crippen LogP contribution in [0.15, 0.2) is 77.9 Å². The Morgan fingerprint density at radius 1 is 1.00 bits per heavy atom. The molecule has 0 saturated carbocycles. The lowest BCUT2D eigenvalue weighted by molar-refractivity contribution is 0.0955. The SMILES string of the molecule is Cc1ccc(C(=O)N/N=C\c2ccc(OCc3ccccc3)c(C)c2)cc1. The maximum absolute atomic E-state index is 12.0. The Kier molecular flexibility index (Phi) is 6.00. The number of nitrogens with zero attached hydrogens (tertiary/aromatic N) is 1. The van der Waals surface area contributed by atoms with Crippen molar-refractivity contribution in [3.05, 3.63) is 101 Å². The van der Waals surface area contributed by atoms with Crippen molar-refractivity contribution in [1.82, 2.24) is 5.43 Å². The van der Waals surface area contributed by atoms with Gasteiger partial charge in [-0.05, 0) is 60.9 Å². The van der Waals surface area contributed by atoms with Gasteiger partial charge in [0.15, 0.2) is 0 Å². The minimum Gasteiger partial charge on any atom is -0.489 e. The van der Waals surface area contributed by atoms with E-state index >= 15 is 0 Å². The number of hydrogen-bond donors (Lipinski definition) is 1. The second-order valence-electron chi connectivity index (χ2n) is 6.36. The molecular formula is C23H22N2O2. The van der Waals surface area contributed by atoms with Crippen LogP contribution in [0.25, 0.3) is 0 Å². The number of carbonyl (C=O) groups excluding carboxylic acids is 1. The Hall–Kier alpha value is -3.40. The summed E-state index contributed by atoms with van der Waals surface area (Å²) in [5, 5.41) is 4.04. The lowest BCUT2D eigenvalue weighted by Crippen LogP contribution is -2.17. The average Bonchev–Trinajstić information content (AvgIpc) is 2.68. The van der Waals surface area contributed by atoms with Crippen molar-refractivity contribution < 1.29 is 9.53 Å². The summed E-state index contributed by atoms with van der Waals surface area (Å²) in [4.78, 5) is 12.0. The molecule has 4 nitrogen and oxygen atoms in total. The predicted molar refractivity (Wildman–Crippen MR) is 108 cm³/mol. The molecule has 0 heterocycles. The maximum atomic E-state index is 12.0. The Bertz CT molecular complexity index is 932. The largest absolute Gasteiger partial charge is 0.489 e. The van der Waals surface area contributed by atoms with Crippen LogP contribution in [0.4, 0.5) is 0 Å². The van der Waals surface area contributed by atoms with E-state index in [1.54, 1.807) is 18.3 Å². The lowest BCUT2D eigenvalue weighted by Gasteiger charge is -2.09. The smallest absolute Gasteiger partial charge is 0.271 e. The molecular weight excluding hydrogens is 336 g/mol. The van der Waals surface area contributed by atoms with E-state index in [4.69, 9.17) is 4.74 Å². The van der Waals surface area contributed by atoms with E-state index in [0.717, 1.165) is 28.0 Å². The lowest BCUT2D eigenvalue weighted by atomic mass is 10.1. The van der Waals surface area contributed by atoms with Gasteiger partial charge in [0.1, 0.15) is 12.4 Å². The van der Waals surface area contributed by atoms with Crippen LogP contribution in [0, 0.1) is 13.8 Å². The molecule has 4 heteroatoms. The summed E-state index contributed by atoms with van der Waals surface area (Å²) in [5.74, 6) is 0.602. The van der Waals surface area contributed by atoms with Crippen molar-refractivity contribution in [2.45, 2.75) is 20.5 Å². The highest BCUT2D eigenvalue weighted by atomic mass is 16.5. The third-order valence-electron chi connectivity index (χ3n) is 4.13. The number of carbonyl (C=O) groups is 1. The number of hydrazone groups is 1. The summed E-state index contributed by atoms with van der Waals surface area (Å²) in [6.07, 6.45) is 1.63. The molecule has 27 heavy (non-hydrogen) atoms. The van der Waals surface area contributed by atoms with E-state index in [9.17, 15) is 4.79 Å². The third-order valence-corrected chi connectivity index (χ3v) is 4.13. The fraction of sp³-hybridized carbons (Fsp3) is 0.130. The van der Waals surface area contributed by atoms with Gasteiger partial charge in [-0.25, -0.2) is 5.43 Å².